The van der Waals surface area contributed by atoms with Crippen LogP contribution in [-0.4, -0.2) is 33.4 Å². The van der Waals surface area contributed by atoms with Crippen LogP contribution in [0.3, 0.4) is 0 Å². The van der Waals surface area contributed by atoms with Crippen LogP contribution in [-0.2, 0) is 4.74 Å². The van der Waals surface area contributed by atoms with Gasteiger partial charge in [-0.25, -0.2) is 0 Å². The summed E-state index contributed by atoms with van der Waals surface area (Å²) < 4.78 is 5.13. The average Bonchev–Trinajstić information content (AvgIpc) is 2.50. The van der Waals surface area contributed by atoms with Crippen molar-refractivity contribution in [3.63, 3.8) is 0 Å². The molecule has 0 bridgehead atoms. The SMILES string of the molecule is CCCNC1CCN(CCCCOC)c2ccccc21. The predicted octanol–water partition coefficient (Wildman–Crippen LogP) is 3.36. The smallest absolute Gasteiger partial charge is 0.0462 e. The highest BCUT2D eigenvalue weighted by molar-refractivity contribution is 5.56. The predicted molar refractivity (Wildman–Crippen MR) is 85.4 cm³/mol. The molecule has 1 N–H and O–H groups in total. The minimum atomic E-state index is 0.529. The van der Waals surface area contributed by atoms with E-state index in [0.717, 1.165) is 32.7 Å². The van der Waals surface area contributed by atoms with Crippen molar-refractivity contribution in [3.05, 3.63) is 29.8 Å². The first kappa shape index (κ1) is 15.3. The molecule has 0 amide bonds. The number of hydrogen-bond acceptors (Lipinski definition) is 3. The summed E-state index contributed by atoms with van der Waals surface area (Å²) in [4.78, 5) is 2.54. The molecule has 0 radical (unpaired) electrons. The first-order valence-electron chi connectivity index (χ1n) is 7.93. The zero-order valence-electron chi connectivity index (χ0n) is 12.9. The number of nitrogens with one attached hydrogen (secondary N) is 1. The lowest BCUT2D eigenvalue weighted by Crippen LogP contribution is -2.36. The molecule has 3 heteroatoms. The van der Waals surface area contributed by atoms with Gasteiger partial charge in [0.05, 0.1) is 0 Å². The van der Waals surface area contributed by atoms with Crippen molar-refractivity contribution >= 4 is 5.69 Å². The van der Waals surface area contributed by atoms with Crippen molar-refractivity contribution in [2.24, 2.45) is 0 Å². The van der Waals surface area contributed by atoms with Crippen molar-refractivity contribution in [1.29, 1.82) is 0 Å². The Labute approximate surface area is 123 Å². The van der Waals surface area contributed by atoms with E-state index < -0.39 is 0 Å². The largest absolute Gasteiger partial charge is 0.385 e. The van der Waals surface area contributed by atoms with Gasteiger partial charge in [-0.15, -0.1) is 0 Å². The van der Waals surface area contributed by atoms with Crippen molar-refractivity contribution in [2.45, 2.75) is 38.6 Å². The van der Waals surface area contributed by atoms with Gasteiger partial charge < -0.3 is 15.0 Å². The molecule has 20 heavy (non-hydrogen) atoms. The molecule has 0 saturated heterocycles. The van der Waals surface area contributed by atoms with Crippen LogP contribution in [0.25, 0.3) is 0 Å². The van der Waals surface area contributed by atoms with Crippen LogP contribution in [0.4, 0.5) is 5.69 Å². The summed E-state index contributed by atoms with van der Waals surface area (Å²) >= 11 is 0. The fraction of sp³-hybridized carbons (Fsp3) is 0.647. The maximum absolute atomic E-state index is 5.13. The molecule has 112 valence electrons. The molecule has 0 aromatic heterocycles. The highest BCUT2D eigenvalue weighted by Crippen LogP contribution is 2.33. The summed E-state index contributed by atoms with van der Waals surface area (Å²) in [5.74, 6) is 0. The normalized spacial score (nSPS) is 18.1. The number of fused-ring (bicyclic) bond motifs is 1. The number of unbranched alkanes of at least 4 members (excludes halogenated alkanes) is 1. The summed E-state index contributed by atoms with van der Waals surface area (Å²) in [6.45, 7) is 6.50. The van der Waals surface area contributed by atoms with E-state index in [-0.39, 0.29) is 0 Å². The van der Waals surface area contributed by atoms with E-state index in [1.165, 1.54) is 30.5 Å². The lowest BCUT2D eigenvalue weighted by molar-refractivity contribution is 0.193. The van der Waals surface area contributed by atoms with E-state index in [0.29, 0.717) is 6.04 Å². The fourth-order valence-electron chi connectivity index (χ4n) is 2.94. The Morgan fingerprint density at radius 1 is 1.30 bits per heavy atom. The molecule has 1 unspecified atom stereocenters. The number of rotatable bonds is 8. The van der Waals surface area contributed by atoms with E-state index in [1.807, 2.05) is 0 Å². The number of benzene rings is 1. The lowest BCUT2D eigenvalue weighted by Gasteiger charge is -2.36. The number of nitrogens with zero attached hydrogens (tertiary/aromatic N) is 1. The van der Waals surface area contributed by atoms with Crippen molar-refractivity contribution in [2.75, 3.05) is 38.3 Å². The van der Waals surface area contributed by atoms with Gasteiger partial charge in [-0.05, 0) is 43.9 Å². The van der Waals surface area contributed by atoms with E-state index in [1.54, 1.807) is 7.11 Å². The Morgan fingerprint density at radius 2 is 2.15 bits per heavy atom. The molecule has 2 rings (SSSR count). The van der Waals surface area contributed by atoms with Crippen molar-refractivity contribution in [3.8, 4) is 0 Å². The van der Waals surface area contributed by atoms with Gasteiger partial charge in [0.15, 0.2) is 0 Å². The van der Waals surface area contributed by atoms with Crippen LogP contribution in [0, 0.1) is 0 Å². The zero-order chi connectivity index (χ0) is 14.2. The lowest BCUT2D eigenvalue weighted by atomic mass is 9.96. The van der Waals surface area contributed by atoms with Crippen LogP contribution in [0.1, 0.15) is 44.2 Å². The van der Waals surface area contributed by atoms with E-state index in [2.05, 4.69) is 41.4 Å². The second kappa shape index (κ2) is 8.28. The van der Waals surface area contributed by atoms with Crippen LogP contribution >= 0.6 is 0 Å². The molecule has 1 aliphatic heterocycles. The average molecular weight is 276 g/mol. The monoisotopic (exact) mass is 276 g/mol. The minimum absolute atomic E-state index is 0.529. The molecular weight excluding hydrogens is 248 g/mol. The molecule has 0 spiro atoms. The molecule has 0 aliphatic carbocycles. The van der Waals surface area contributed by atoms with Gasteiger partial charge in [-0.1, -0.05) is 25.1 Å². The standard InChI is InChI=1S/C17H28N2O/c1-3-11-18-16-10-13-19(12-6-7-14-20-2)17-9-5-4-8-15(16)17/h4-5,8-9,16,18H,3,6-7,10-14H2,1-2H3. The third-order valence-electron chi connectivity index (χ3n) is 4.01. The van der Waals surface area contributed by atoms with Gasteiger partial charge in [-0.2, -0.15) is 0 Å². The molecule has 1 atom stereocenters. The van der Waals surface area contributed by atoms with Gasteiger partial charge in [0, 0.05) is 38.5 Å². The van der Waals surface area contributed by atoms with Gasteiger partial charge in [0.2, 0.25) is 0 Å². The Balaban J connectivity index is 1.99. The number of para-hydroxylation sites is 1. The zero-order valence-corrected chi connectivity index (χ0v) is 12.9. The summed E-state index contributed by atoms with van der Waals surface area (Å²) in [6, 6.07) is 9.40. The van der Waals surface area contributed by atoms with Crippen LogP contribution in [0.2, 0.25) is 0 Å². The number of methoxy groups -OCH3 is 1. The first-order valence-corrected chi connectivity index (χ1v) is 7.93. The highest BCUT2D eigenvalue weighted by atomic mass is 16.5. The maximum atomic E-state index is 5.13. The van der Waals surface area contributed by atoms with Gasteiger partial charge in [-0.3, -0.25) is 0 Å². The molecule has 1 aliphatic rings. The van der Waals surface area contributed by atoms with Crippen LogP contribution < -0.4 is 10.2 Å². The van der Waals surface area contributed by atoms with Gasteiger partial charge >= 0.3 is 0 Å². The third kappa shape index (κ3) is 3.97. The Hall–Kier alpha value is -1.06. The second-order valence-corrected chi connectivity index (χ2v) is 5.54. The molecular formula is C17H28N2O. The molecule has 1 heterocycles. The maximum Gasteiger partial charge on any atom is 0.0462 e. The van der Waals surface area contributed by atoms with Gasteiger partial charge in [0.1, 0.15) is 0 Å². The van der Waals surface area contributed by atoms with E-state index in [9.17, 15) is 0 Å². The number of hydrogen-bond donors (Lipinski definition) is 1. The quantitative estimate of drug-likeness (QED) is 0.737. The minimum Gasteiger partial charge on any atom is -0.385 e. The molecule has 0 saturated carbocycles. The fourth-order valence-corrected chi connectivity index (χ4v) is 2.94. The third-order valence-corrected chi connectivity index (χ3v) is 4.01. The van der Waals surface area contributed by atoms with Crippen molar-refractivity contribution < 1.29 is 4.74 Å². The van der Waals surface area contributed by atoms with E-state index >= 15 is 0 Å². The molecule has 1 aromatic carbocycles. The first-order chi connectivity index (χ1) is 9.86. The number of anilines is 1. The molecule has 3 nitrogen and oxygen atoms in total. The van der Waals surface area contributed by atoms with Crippen LogP contribution in [0.5, 0.6) is 0 Å². The summed E-state index contributed by atoms with van der Waals surface area (Å²) in [5, 5.41) is 3.68. The molecule has 1 aromatic rings. The second-order valence-electron chi connectivity index (χ2n) is 5.54. The summed E-state index contributed by atoms with van der Waals surface area (Å²) in [7, 11) is 1.78. The van der Waals surface area contributed by atoms with Gasteiger partial charge in [0.25, 0.3) is 0 Å². The van der Waals surface area contributed by atoms with Crippen LogP contribution in [0.15, 0.2) is 24.3 Å². The summed E-state index contributed by atoms with van der Waals surface area (Å²) in [6.07, 6.45) is 4.75. The molecule has 0 fully saturated rings. The number of ether oxygens (including phenoxy) is 1. The van der Waals surface area contributed by atoms with E-state index in [4.69, 9.17) is 4.74 Å². The Morgan fingerprint density at radius 3 is 2.95 bits per heavy atom. The summed E-state index contributed by atoms with van der Waals surface area (Å²) in [5.41, 5.74) is 2.89. The Kier molecular flexibility index (Phi) is 6.34. The Bertz CT molecular complexity index is 394. The van der Waals surface area contributed by atoms with Crippen molar-refractivity contribution in [1.82, 2.24) is 5.32 Å². The topological polar surface area (TPSA) is 24.5 Å². The highest BCUT2D eigenvalue weighted by Gasteiger charge is 2.23.